The lowest BCUT2D eigenvalue weighted by molar-refractivity contribution is 0.542. The van der Waals surface area contributed by atoms with Gasteiger partial charge in [-0.25, -0.2) is 0 Å². The lowest BCUT2D eigenvalue weighted by Crippen LogP contribution is -1.82. The number of rotatable bonds is 12. The van der Waals surface area contributed by atoms with E-state index in [1.54, 1.807) is 0 Å². The molecule has 0 rings (SSSR count). The monoisotopic (exact) mass is 276 g/mol. The molecule has 0 fully saturated rings. The summed E-state index contributed by atoms with van der Waals surface area (Å²) in [5, 5.41) is 0. The molecule has 0 bridgehead atoms. The molecule has 0 saturated heterocycles. The minimum atomic E-state index is 0. The highest BCUT2D eigenvalue weighted by Gasteiger charge is 1.92. The van der Waals surface area contributed by atoms with Crippen LogP contribution >= 0.6 is 0 Å². The van der Waals surface area contributed by atoms with Gasteiger partial charge in [-0.1, -0.05) is 127 Å². The Kier molecular flexibility index (Phi) is 50.9. The van der Waals surface area contributed by atoms with E-state index in [9.17, 15) is 0 Å². The Labute approximate surface area is 127 Å². The molecule has 0 unspecified atom stereocenters. The van der Waals surface area contributed by atoms with Gasteiger partial charge in [-0.05, 0) is 0 Å². The highest BCUT2D eigenvalue weighted by Crippen LogP contribution is 2.12. The Morgan fingerprint density at radius 2 is 0.474 bits per heavy atom. The summed E-state index contributed by atoms with van der Waals surface area (Å²) in [5.74, 6) is 0. The fourth-order valence-corrected chi connectivity index (χ4v) is 2.09. The summed E-state index contributed by atoms with van der Waals surface area (Å²) < 4.78 is 0. The third-order valence-corrected chi connectivity index (χ3v) is 3.21. The maximum atomic E-state index is 2.29. The van der Waals surface area contributed by atoms with Gasteiger partial charge in [0.25, 0.3) is 0 Å². The second-order valence-electron chi connectivity index (χ2n) is 4.89. The van der Waals surface area contributed by atoms with E-state index in [4.69, 9.17) is 0 Å². The molecule has 0 spiro atoms. The lowest BCUT2D eigenvalue weighted by Gasteiger charge is -2.01. The van der Waals surface area contributed by atoms with Crippen molar-refractivity contribution in [1.29, 1.82) is 0 Å². The Hall–Kier alpha value is 0. The first-order valence-corrected chi connectivity index (χ1v) is 7.41. The average molecular weight is 277 g/mol. The quantitative estimate of drug-likeness (QED) is 0.313. The predicted octanol–water partition coefficient (Wildman–Crippen LogP) is 8.64. The van der Waals surface area contributed by atoms with Crippen molar-refractivity contribution in [2.45, 2.75) is 127 Å². The molecule has 0 heteroatoms. The zero-order valence-corrected chi connectivity index (χ0v) is 11.2. The van der Waals surface area contributed by atoms with E-state index >= 15 is 0 Å². The van der Waals surface area contributed by atoms with E-state index in [2.05, 4.69) is 13.8 Å². The van der Waals surface area contributed by atoms with Crippen molar-refractivity contribution in [3.8, 4) is 0 Å². The first-order chi connectivity index (χ1) is 7.41. The maximum absolute atomic E-state index is 2.29. The highest BCUT2D eigenvalue weighted by molar-refractivity contribution is 4.47. The third kappa shape index (κ3) is 32.0. The zero-order chi connectivity index (χ0) is 11.2. The molecule has 0 N–H and O–H groups in total. The molecule has 0 aliphatic rings. The predicted molar refractivity (Wildman–Crippen MR) is 98.3 cm³/mol. The third-order valence-electron chi connectivity index (χ3n) is 3.21. The molecule has 0 atom stereocenters. The molecule has 19 heavy (non-hydrogen) atoms. The van der Waals surface area contributed by atoms with Crippen LogP contribution < -0.4 is 0 Å². The maximum Gasteiger partial charge on any atom is -0.0533 e. The summed E-state index contributed by atoms with van der Waals surface area (Å²) in [6, 6.07) is 0. The van der Waals surface area contributed by atoms with Crippen LogP contribution in [-0.2, 0) is 0 Å². The van der Waals surface area contributed by atoms with Crippen molar-refractivity contribution < 1.29 is 0 Å². The smallest absolute Gasteiger partial charge is 0.0533 e. The van der Waals surface area contributed by atoms with Gasteiger partial charge in [-0.2, -0.15) is 0 Å². The summed E-state index contributed by atoms with van der Waals surface area (Å²) in [6.45, 7) is 4.58. The number of unbranched alkanes of at least 4 members (excludes halogenated alkanes) is 12. The molecule has 0 aliphatic carbocycles. The van der Waals surface area contributed by atoms with Crippen LogP contribution in [0, 0.1) is 0 Å². The number of hydrogen-bond acceptors (Lipinski definition) is 0. The van der Waals surface area contributed by atoms with Gasteiger partial charge in [0.2, 0.25) is 0 Å². The summed E-state index contributed by atoms with van der Waals surface area (Å²) in [7, 11) is 0. The van der Waals surface area contributed by atoms with E-state index in [0.717, 1.165) is 0 Å². The van der Waals surface area contributed by atoms with Crippen LogP contribution in [0.15, 0.2) is 0 Å². The van der Waals surface area contributed by atoms with Crippen molar-refractivity contribution in [3.05, 3.63) is 0 Å². The Morgan fingerprint density at radius 1 is 0.316 bits per heavy atom. The van der Waals surface area contributed by atoms with Crippen molar-refractivity contribution in [3.63, 3.8) is 0 Å². The molecule has 0 aromatic heterocycles. The second kappa shape index (κ2) is 30.8. The lowest BCUT2D eigenvalue weighted by atomic mass is 10.1. The molecule has 0 amide bonds. The standard InChI is InChI=1S/C15H32.4CH4/c1-3-5-7-9-11-13-15-14-12-10-8-6-4-2;;;;/h3-15H2,1-2H3;4*1H4. The van der Waals surface area contributed by atoms with Crippen molar-refractivity contribution in [2.75, 3.05) is 0 Å². The summed E-state index contributed by atoms with van der Waals surface area (Å²) in [6.07, 6.45) is 18.9. The molecule has 0 aliphatic heterocycles. The Bertz CT molecular complexity index is 84.2. The van der Waals surface area contributed by atoms with Gasteiger partial charge in [-0.15, -0.1) is 0 Å². The molecule has 0 nitrogen and oxygen atoms in total. The Morgan fingerprint density at radius 3 is 0.632 bits per heavy atom. The van der Waals surface area contributed by atoms with Crippen LogP contribution in [0.1, 0.15) is 127 Å². The molecule has 0 aromatic rings. The van der Waals surface area contributed by atoms with Crippen molar-refractivity contribution in [1.82, 2.24) is 0 Å². The molecule has 124 valence electrons. The van der Waals surface area contributed by atoms with E-state index in [-0.39, 0.29) is 29.7 Å². The first-order valence-electron chi connectivity index (χ1n) is 7.41. The number of hydrogen-bond donors (Lipinski definition) is 0. The fraction of sp³-hybridized carbons (Fsp3) is 1.00. The zero-order valence-electron chi connectivity index (χ0n) is 11.2. The fourth-order valence-electron chi connectivity index (χ4n) is 2.09. The SMILES string of the molecule is C.C.C.C.CCCCCCCCCCCCCCC. The average Bonchev–Trinajstić information content (AvgIpc) is 2.26. The van der Waals surface area contributed by atoms with Crippen molar-refractivity contribution >= 4 is 0 Å². The molecule has 0 radical (unpaired) electrons. The van der Waals surface area contributed by atoms with Gasteiger partial charge in [0.05, 0.1) is 0 Å². The van der Waals surface area contributed by atoms with Crippen LogP contribution in [0.25, 0.3) is 0 Å². The van der Waals surface area contributed by atoms with Gasteiger partial charge in [-0.3, -0.25) is 0 Å². The van der Waals surface area contributed by atoms with Crippen LogP contribution in [0.4, 0.5) is 0 Å². The first kappa shape index (κ1) is 31.4. The van der Waals surface area contributed by atoms with E-state index < -0.39 is 0 Å². The summed E-state index contributed by atoms with van der Waals surface area (Å²) in [5.41, 5.74) is 0. The summed E-state index contributed by atoms with van der Waals surface area (Å²) in [4.78, 5) is 0. The van der Waals surface area contributed by atoms with Crippen LogP contribution in [-0.4, -0.2) is 0 Å². The van der Waals surface area contributed by atoms with Crippen molar-refractivity contribution in [2.24, 2.45) is 0 Å². The van der Waals surface area contributed by atoms with E-state index in [1.807, 2.05) is 0 Å². The van der Waals surface area contributed by atoms with E-state index in [0.29, 0.717) is 0 Å². The second-order valence-corrected chi connectivity index (χ2v) is 4.89. The molecular weight excluding hydrogens is 228 g/mol. The highest BCUT2D eigenvalue weighted by atomic mass is 14.0. The molecule has 0 heterocycles. The summed E-state index contributed by atoms with van der Waals surface area (Å²) >= 11 is 0. The van der Waals surface area contributed by atoms with Gasteiger partial charge in [0.1, 0.15) is 0 Å². The van der Waals surface area contributed by atoms with Gasteiger partial charge in [0.15, 0.2) is 0 Å². The van der Waals surface area contributed by atoms with Crippen LogP contribution in [0.3, 0.4) is 0 Å². The largest absolute Gasteiger partial charge is 0.0776 e. The molecule has 0 aromatic carbocycles. The minimum absolute atomic E-state index is 0. The van der Waals surface area contributed by atoms with Gasteiger partial charge >= 0.3 is 0 Å². The van der Waals surface area contributed by atoms with E-state index in [1.165, 1.54) is 83.5 Å². The topological polar surface area (TPSA) is 0 Å². The van der Waals surface area contributed by atoms with Crippen LogP contribution in [0.5, 0.6) is 0 Å². The normalized spacial score (nSPS) is 8.53. The van der Waals surface area contributed by atoms with Gasteiger partial charge < -0.3 is 0 Å². The van der Waals surface area contributed by atoms with Crippen LogP contribution in [0.2, 0.25) is 0 Å². The molecular formula is C19H48. The molecule has 0 saturated carbocycles. The minimum Gasteiger partial charge on any atom is -0.0776 e. The Balaban J connectivity index is -0.000000163. The van der Waals surface area contributed by atoms with Gasteiger partial charge in [0, 0.05) is 0 Å².